The van der Waals surface area contributed by atoms with Crippen LogP contribution < -0.4 is 4.74 Å². The Morgan fingerprint density at radius 3 is 2.48 bits per heavy atom. The lowest BCUT2D eigenvalue weighted by molar-refractivity contribution is -0.465. The highest BCUT2D eigenvalue weighted by Crippen LogP contribution is 2.38. The summed E-state index contributed by atoms with van der Waals surface area (Å²) in [6.45, 7) is -0.946. The molecule has 0 unspecified atom stereocenters. The van der Waals surface area contributed by atoms with Crippen molar-refractivity contribution in [1.82, 2.24) is 0 Å². The molecule has 5 nitrogen and oxygen atoms in total. The summed E-state index contributed by atoms with van der Waals surface area (Å²) in [5.74, 6) is -2.93. The van der Waals surface area contributed by atoms with E-state index in [1.807, 2.05) is 0 Å². The van der Waals surface area contributed by atoms with Gasteiger partial charge in [0.2, 0.25) is 5.78 Å². The molecule has 0 N–H and O–H groups in total. The third-order valence-corrected chi connectivity index (χ3v) is 3.25. The van der Waals surface area contributed by atoms with Gasteiger partial charge in [0.25, 0.3) is 6.54 Å². The van der Waals surface area contributed by atoms with Crippen molar-refractivity contribution in [2.24, 2.45) is 0 Å². The molecule has 0 heterocycles. The van der Waals surface area contributed by atoms with Gasteiger partial charge in [0.05, 0.1) is 10.6 Å². The van der Waals surface area contributed by atoms with Crippen LogP contribution in [0, 0.1) is 15.9 Å². The van der Waals surface area contributed by atoms with Crippen LogP contribution >= 0.6 is 11.6 Å². The van der Waals surface area contributed by atoms with Crippen molar-refractivity contribution >= 4 is 17.4 Å². The molecule has 0 aliphatic rings. The van der Waals surface area contributed by atoms with Gasteiger partial charge in [-0.15, -0.1) is 0 Å². The van der Waals surface area contributed by atoms with Gasteiger partial charge in [-0.3, -0.25) is 14.9 Å². The number of carbonyl (C=O) groups is 1. The number of ketones is 1. The van der Waals surface area contributed by atoms with E-state index in [9.17, 15) is 32.5 Å². The van der Waals surface area contributed by atoms with E-state index in [0.29, 0.717) is 6.07 Å². The third kappa shape index (κ3) is 4.66. The molecule has 25 heavy (non-hydrogen) atoms. The first-order valence-corrected chi connectivity index (χ1v) is 6.95. The SMILES string of the molecule is O=C(C[N+](=O)[O-])c1cccc(Oc2c(F)cc(C(F)(F)F)cc2Cl)c1. The van der Waals surface area contributed by atoms with Crippen molar-refractivity contribution in [3.05, 3.63) is 68.5 Å². The largest absolute Gasteiger partial charge is 0.453 e. The minimum Gasteiger partial charge on any atom is -0.453 e. The number of ether oxygens (including phenoxy) is 1. The minimum atomic E-state index is -4.78. The first-order chi connectivity index (χ1) is 11.6. The van der Waals surface area contributed by atoms with Gasteiger partial charge in [0.1, 0.15) is 5.75 Å². The number of nitrogens with zero attached hydrogens (tertiary/aromatic N) is 1. The monoisotopic (exact) mass is 377 g/mol. The molecule has 0 aliphatic carbocycles. The molecule has 132 valence electrons. The average Bonchev–Trinajstić information content (AvgIpc) is 2.49. The molecule has 0 fully saturated rings. The summed E-state index contributed by atoms with van der Waals surface area (Å²) in [7, 11) is 0. The molecular formula is C15H8ClF4NO4. The Balaban J connectivity index is 2.31. The van der Waals surface area contributed by atoms with Crippen LogP contribution in [0.15, 0.2) is 36.4 Å². The van der Waals surface area contributed by atoms with E-state index in [1.54, 1.807) is 0 Å². The molecule has 0 saturated heterocycles. The molecule has 0 bridgehead atoms. The van der Waals surface area contributed by atoms with Crippen LogP contribution in [0.2, 0.25) is 5.02 Å². The van der Waals surface area contributed by atoms with Crippen molar-refractivity contribution in [1.29, 1.82) is 0 Å². The number of alkyl halides is 3. The number of halogens is 5. The van der Waals surface area contributed by atoms with E-state index in [2.05, 4.69) is 0 Å². The predicted octanol–water partition coefficient (Wildman–Crippen LogP) is 4.75. The highest BCUT2D eigenvalue weighted by molar-refractivity contribution is 6.32. The van der Waals surface area contributed by atoms with Crippen LogP contribution in [-0.2, 0) is 6.18 Å². The van der Waals surface area contributed by atoms with Crippen LogP contribution in [0.25, 0.3) is 0 Å². The fourth-order valence-corrected chi connectivity index (χ4v) is 2.13. The maximum atomic E-state index is 13.9. The second kappa shape index (κ2) is 7.06. The number of nitro groups is 1. The number of rotatable bonds is 5. The Bertz CT molecular complexity index is 816. The first-order valence-electron chi connectivity index (χ1n) is 6.57. The molecule has 2 rings (SSSR count). The maximum absolute atomic E-state index is 13.9. The summed E-state index contributed by atoms with van der Waals surface area (Å²) >= 11 is 5.64. The Morgan fingerprint density at radius 2 is 1.92 bits per heavy atom. The zero-order chi connectivity index (χ0) is 18.8. The van der Waals surface area contributed by atoms with Gasteiger partial charge in [0, 0.05) is 10.5 Å². The lowest BCUT2D eigenvalue weighted by Crippen LogP contribution is -2.13. The molecule has 2 aromatic carbocycles. The van der Waals surface area contributed by atoms with Crippen LogP contribution in [0.1, 0.15) is 15.9 Å². The quantitative estimate of drug-likeness (QED) is 0.326. The second-order valence-corrected chi connectivity index (χ2v) is 5.22. The number of hydrogen-bond acceptors (Lipinski definition) is 4. The zero-order valence-electron chi connectivity index (χ0n) is 12.1. The summed E-state index contributed by atoms with van der Waals surface area (Å²) in [5, 5.41) is 9.74. The van der Waals surface area contributed by atoms with Crippen LogP contribution in [0.4, 0.5) is 17.6 Å². The number of hydrogen-bond donors (Lipinski definition) is 0. The predicted molar refractivity (Wildman–Crippen MR) is 79.1 cm³/mol. The Labute approximate surface area is 142 Å². The van der Waals surface area contributed by atoms with E-state index >= 15 is 0 Å². The molecule has 10 heteroatoms. The summed E-state index contributed by atoms with van der Waals surface area (Å²) in [6.07, 6.45) is -4.78. The molecule has 0 saturated carbocycles. The molecule has 0 atom stereocenters. The van der Waals surface area contributed by atoms with Gasteiger partial charge >= 0.3 is 6.18 Å². The fraction of sp³-hybridized carbons (Fsp3) is 0.133. The minimum absolute atomic E-state index is 0.0716. The van der Waals surface area contributed by atoms with Gasteiger partial charge in [-0.25, -0.2) is 4.39 Å². The fourth-order valence-electron chi connectivity index (χ4n) is 1.88. The lowest BCUT2D eigenvalue weighted by atomic mass is 10.1. The van der Waals surface area contributed by atoms with E-state index in [1.165, 1.54) is 18.2 Å². The van der Waals surface area contributed by atoms with E-state index in [0.717, 1.165) is 6.07 Å². The first kappa shape index (κ1) is 18.7. The van der Waals surface area contributed by atoms with Crippen LogP contribution in [-0.4, -0.2) is 17.3 Å². The van der Waals surface area contributed by atoms with Gasteiger partial charge < -0.3 is 4.74 Å². The molecular weight excluding hydrogens is 370 g/mol. The zero-order valence-corrected chi connectivity index (χ0v) is 12.9. The second-order valence-electron chi connectivity index (χ2n) is 4.81. The molecule has 0 radical (unpaired) electrons. The summed E-state index contributed by atoms with van der Waals surface area (Å²) in [6, 6.07) is 5.71. The number of benzene rings is 2. The van der Waals surface area contributed by atoms with Gasteiger partial charge in [-0.05, 0) is 24.3 Å². The molecule has 0 spiro atoms. The average molecular weight is 378 g/mol. The summed E-state index contributed by atoms with van der Waals surface area (Å²) in [5.41, 5.74) is -1.35. The standard InChI is InChI=1S/C15H8ClF4NO4/c16-11-5-9(15(18,19)20)6-12(17)14(11)25-10-3-1-2-8(4-10)13(22)7-21(23)24/h1-6H,7H2. The Hall–Kier alpha value is -2.68. The van der Waals surface area contributed by atoms with Crippen molar-refractivity contribution in [3.63, 3.8) is 0 Å². The molecule has 0 amide bonds. The van der Waals surface area contributed by atoms with Crippen molar-refractivity contribution in [2.75, 3.05) is 6.54 Å². The van der Waals surface area contributed by atoms with E-state index < -0.39 is 45.6 Å². The van der Waals surface area contributed by atoms with E-state index in [4.69, 9.17) is 16.3 Å². The number of Topliss-reactive ketones (excluding diaryl/α,β-unsaturated/α-hetero) is 1. The van der Waals surface area contributed by atoms with Crippen molar-refractivity contribution < 1.29 is 32.0 Å². The summed E-state index contributed by atoms with van der Waals surface area (Å²) in [4.78, 5) is 21.2. The molecule has 0 aliphatic heterocycles. The van der Waals surface area contributed by atoms with Crippen LogP contribution in [0.5, 0.6) is 11.5 Å². The smallest absolute Gasteiger partial charge is 0.416 e. The highest BCUT2D eigenvalue weighted by atomic mass is 35.5. The van der Waals surface area contributed by atoms with Crippen molar-refractivity contribution in [2.45, 2.75) is 6.18 Å². The van der Waals surface area contributed by atoms with Gasteiger partial charge in [-0.2, -0.15) is 13.2 Å². The van der Waals surface area contributed by atoms with Crippen molar-refractivity contribution in [3.8, 4) is 11.5 Å². The van der Waals surface area contributed by atoms with Gasteiger partial charge in [-0.1, -0.05) is 23.7 Å². The van der Waals surface area contributed by atoms with Gasteiger partial charge in [0.15, 0.2) is 11.6 Å². The van der Waals surface area contributed by atoms with E-state index in [-0.39, 0.29) is 17.4 Å². The highest BCUT2D eigenvalue weighted by Gasteiger charge is 2.32. The molecule has 2 aromatic rings. The Morgan fingerprint density at radius 1 is 1.24 bits per heavy atom. The maximum Gasteiger partial charge on any atom is 0.416 e. The third-order valence-electron chi connectivity index (χ3n) is 2.97. The normalized spacial score (nSPS) is 11.2. The van der Waals surface area contributed by atoms with Crippen LogP contribution in [0.3, 0.4) is 0 Å². The molecule has 0 aromatic heterocycles. The summed E-state index contributed by atoms with van der Waals surface area (Å²) < 4.78 is 56.8. The number of carbonyl (C=O) groups excluding carboxylic acids is 1. The lowest BCUT2D eigenvalue weighted by Gasteiger charge is -2.12. The topological polar surface area (TPSA) is 69.4 Å². The Kier molecular flexibility index (Phi) is 5.27.